The van der Waals surface area contributed by atoms with Crippen LogP contribution in [0.2, 0.25) is 0 Å². The van der Waals surface area contributed by atoms with Crippen molar-refractivity contribution in [3.05, 3.63) is 47.8 Å². The minimum atomic E-state index is -0.180. The Morgan fingerprint density at radius 3 is 2.79 bits per heavy atom. The maximum atomic E-state index is 12.2. The van der Waals surface area contributed by atoms with Crippen LogP contribution in [0.15, 0.2) is 36.4 Å². The maximum absolute atomic E-state index is 12.2. The van der Waals surface area contributed by atoms with Crippen LogP contribution in [0.1, 0.15) is 35.4 Å². The molecule has 1 fully saturated rings. The van der Waals surface area contributed by atoms with Crippen molar-refractivity contribution in [1.82, 2.24) is 20.0 Å². The predicted molar refractivity (Wildman–Crippen MR) is 91.1 cm³/mol. The fourth-order valence-electron chi connectivity index (χ4n) is 2.92. The van der Waals surface area contributed by atoms with Crippen molar-refractivity contribution in [2.24, 2.45) is 0 Å². The lowest BCUT2D eigenvalue weighted by Crippen LogP contribution is -2.30. The van der Waals surface area contributed by atoms with Crippen molar-refractivity contribution in [2.75, 3.05) is 19.6 Å². The fourth-order valence-corrected chi connectivity index (χ4v) is 2.92. The van der Waals surface area contributed by atoms with Crippen molar-refractivity contribution >= 4 is 11.8 Å². The van der Waals surface area contributed by atoms with Crippen molar-refractivity contribution in [3.63, 3.8) is 0 Å². The number of benzene rings is 1. The number of hydrogen-bond donors (Lipinski definition) is 1. The third-order valence-electron chi connectivity index (χ3n) is 4.18. The summed E-state index contributed by atoms with van der Waals surface area (Å²) in [6.07, 6.45) is 2.36. The zero-order valence-electron chi connectivity index (χ0n) is 13.9. The second-order valence-electron chi connectivity index (χ2n) is 6.01. The van der Waals surface area contributed by atoms with Gasteiger partial charge in [-0.05, 0) is 38.0 Å². The molecule has 126 valence electrons. The highest BCUT2D eigenvalue weighted by atomic mass is 16.2. The van der Waals surface area contributed by atoms with E-state index in [0.717, 1.165) is 30.8 Å². The molecule has 0 bridgehead atoms. The van der Waals surface area contributed by atoms with E-state index in [0.29, 0.717) is 25.2 Å². The molecule has 2 amide bonds. The molecular formula is C18H22N4O2. The Balaban J connectivity index is 1.53. The summed E-state index contributed by atoms with van der Waals surface area (Å²) in [6, 6.07) is 11.5. The van der Waals surface area contributed by atoms with E-state index < -0.39 is 0 Å². The number of aromatic nitrogens is 2. The van der Waals surface area contributed by atoms with E-state index >= 15 is 0 Å². The highest BCUT2D eigenvalue weighted by Gasteiger charge is 2.19. The van der Waals surface area contributed by atoms with E-state index in [2.05, 4.69) is 10.4 Å². The molecule has 1 N–H and O–H groups in total. The Morgan fingerprint density at radius 2 is 2.08 bits per heavy atom. The molecule has 0 unspecified atom stereocenters. The first kappa shape index (κ1) is 16.2. The van der Waals surface area contributed by atoms with Gasteiger partial charge in [-0.2, -0.15) is 5.10 Å². The fraction of sp³-hybridized carbons (Fsp3) is 0.389. The monoisotopic (exact) mass is 326 g/mol. The van der Waals surface area contributed by atoms with Crippen LogP contribution < -0.4 is 5.32 Å². The lowest BCUT2D eigenvalue weighted by atomic mass is 10.3. The van der Waals surface area contributed by atoms with Gasteiger partial charge in [0.1, 0.15) is 0 Å². The van der Waals surface area contributed by atoms with E-state index in [4.69, 9.17) is 0 Å². The lowest BCUT2D eigenvalue weighted by Gasteiger charge is -2.14. The number of rotatable bonds is 6. The third kappa shape index (κ3) is 3.64. The summed E-state index contributed by atoms with van der Waals surface area (Å²) in [6.45, 7) is 4.01. The Labute approximate surface area is 141 Å². The number of carbonyl (C=O) groups excluding carboxylic acids is 2. The van der Waals surface area contributed by atoms with E-state index in [1.54, 1.807) is 10.7 Å². The number of nitrogens with one attached hydrogen (secondary N) is 1. The Morgan fingerprint density at radius 1 is 1.29 bits per heavy atom. The largest absolute Gasteiger partial charge is 0.351 e. The highest BCUT2D eigenvalue weighted by Crippen LogP contribution is 2.12. The normalized spacial score (nSPS) is 14.2. The number of hydrogen-bond acceptors (Lipinski definition) is 3. The molecule has 0 spiro atoms. The van der Waals surface area contributed by atoms with Crippen LogP contribution in [0.5, 0.6) is 0 Å². The molecular weight excluding hydrogens is 304 g/mol. The van der Waals surface area contributed by atoms with Gasteiger partial charge in [-0.1, -0.05) is 18.2 Å². The van der Waals surface area contributed by atoms with E-state index in [-0.39, 0.29) is 11.8 Å². The van der Waals surface area contributed by atoms with Crippen LogP contribution in [-0.2, 0) is 4.79 Å². The Bertz CT molecular complexity index is 724. The molecule has 0 atom stereocenters. The molecule has 1 aliphatic heterocycles. The van der Waals surface area contributed by atoms with Gasteiger partial charge in [0.25, 0.3) is 5.91 Å². The Hall–Kier alpha value is -2.63. The van der Waals surface area contributed by atoms with Crippen LogP contribution in [-0.4, -0.2) is 46.1 Å². The smallest absolute Gasteiger partial charge is 0.271 e. The summed E-state index contributed by atoms with van der Waals surface area (Å²) in [5.74, 6) is 0.0408. The molecule has 0 saturated carbocycles. The van der Waals surface area contributed by atoms with Gasteiger partial charge in [0.05, 0.1) is 5.69 Å². The number of para-hydroxylation sites is 1. The van der Waals surface area contributed by atoms with Gasteiger partial charge in [-0.3, -0.25) is 9.59 Å². The summed E-state index contributed by atoms with van der Waals surface area (Å²) >= 11 is 0. The van der Waals surface area contributed by atoms with Gasteiger partial charge in [0.2, 0.25) is 5.91 Å². The summed E-state index contributed by atoms with van der Waals surface area (Å²) < 4.78 is 1.76. The summed E-state index contributed by atoms with van der Waals surface area (Å²) in [7, 11) is 0. The van der Waals surface area contributed by atoms with E-state index in [1.807, 2.05) is 42.2 Å². The molecule has 2 heterocycles. The first-order valence-corrected chi connectivity index (χ1v) is 8.33. The third-order valence-corrected chi connectivity index (χ3v) is 4.18. The van der Waals surface area contributed by atoms with Crippen LogP contribution in [0.25, 0.3) is 5.69 Å². The Kier molecular flexibility index (Phi) is 4.93. The number of amides is 2. The van der Waals surface area contributed by atoms with E-state index in [1.165, 1.54) is 0 Å². The summed E-state index contributed by atoms with van der Waals surface area (Å²) in [5, 5.41) is 7.27. The quantitative estimate of drug-likeness (QED) is 0.825. The van der Waals surface area contributed by atoms with Gasteiger partial charge < -0.3 is 10.2 Å². The molecule has 3 rings (SSSR count). The lowest BCUT2D eigenvalue weighted by molar-refractivity contribution is -0.127. The molecule has 6 heteroatoms. The SMILES string of the molecule is Cc1cc(C(=O)NCCCN2CCCC2=O)nn1-c1ccccc1. The number of carbonyl (C=O) groups is 2. The average Bonchev–Trinajstić information content (AvgIpc) is 3.18. The second kappa shape index (κ2) is 7.29. The minimum Gasteiger partial charge on any atom is -0.351 e. The van der Waals surface area contributed by atoms with Crippen LogP contribution in [0.4, 0.5) is 0 Å². The standard InChI is InChI=1S/C18H22N4O2/c1-14-13-16(20-22(14)15-7-3-2-4-8-15)18(24)19-10-6-12-21-11-5-9-17(21)23/h2-4,7-8,13H,5-6,9-12H2,1H3,(H,19,24). The van der Waals surface area contributed by atoms with Gasteiger partial charge in [-0.25, -0.2) is 4.68 Å². The van der Waals surface area contributed by atoms with Crippen molar-refractivity contribution < 1.29 is 9.59 Å². The summed E-state index contributed by atoms with van der Waals surface area (Å²) in [5.41, 5.74) is 2.25. The molecule has 1 aromatic carbocycles. The molecule has 6 nitrogen and oxygen atoms in total. The molecule has 1 aliphatic rings. The summed E-state index contributed by atoms with van der Waals surface area (Å²) in [4.78, 5) is 25.6. The van der Waals surface area contributed by atoms with Crippen LogP contribution in [0, 0.1) is 6.92 Å². The van der Waals surface area contributed by atoms with E-state index in [9.17, 15) is 9.59 Å². The first-order valence-electron chi connectivity index (χ1n) is 8.33. The number of likely N-dealkylation sites (tertiary alicyclic amines) is 1. The second-order valence-corrected chi connectivity index (χ2v) is 6.01. The maximum Gasteiger partial charge on any atom is 0.271 e. The predicted octanol–water partition coefficient (Wildman–Crippen LogP) is 1.92. The zero-order chi connectivity index (χ0) is 16.9. The molecule has 0 radical (unpaired) electrons. The van der Waals surface area contributed by atoms with Gasteiger partial charge >= 0.3 is 0 Å². The molecule has 2 aromatic rings. The molecule has 1 saturated heterocycles. The van der Waals surface area contributed by atoms with Crippen LogP contribution in [0.3, 0.4) is 0 Å². The van der Waals surface area contributed by atoms with Crippen molar-refractivity contribution in [1.29, 1.82) is 0 Å². The van der Waals surface area contributed by atoms with Crippen LogP contribution >= 0.6 is 0 Å². The molecule has 24 heavy (non-hydrogen) atoms. The number of nitrogens with zero attached hydrogens (tertiary/aromatic N) is 3. The zero-order valence-corrected chi connectivity index (χ0v) is 13.9. The molecule has 0 aliphatic carbocycles. The minimum absolute atomic E-state index is 0.180. The van der Waals surface area contributed by atoms with Gasteiger partial charge in [0.15, 0.2) is 5.69 Å². The number of aryl methyl sites for hydroxylation is 1. The average molecular weight is 326 g/mol. The van der Waals surface area contributed by atoms with Crippen molar-refractivity contribution in [2.45, 2.75) is 26.2 Å². The first-order chi connectivity index (χ1) is 11.6. The van der Waals surface area contributed by atoms with Gasteiger partial charge in [0, 0.05) is 31.7 Å². The topological polar surface area (TPSA) is 67.2 Å². The highest BCUT2D eigenvalue weighted by molar-refractivity contribution is 5.92. The van der Waals surface area contributed by atoms with Crippen molar-refractivity contribution in [3.8, 4) is 5.69 Å². The van der Waals surface area contributed by atoms with Gasteiger partial charge in [-0.15, -0.1) is 0 Å². The molecule has 1 aromatic heterocycles.